The number of carboxylic acid groups (broad SMARTS) is 1. The van der Waals surface area contributed by atoms with E-state index >= 15 is 0 Å². The molecule has 276 valence electrons. The lowest BCUT2D eigenvalue weighted by Crippen LogP contribution is -2.46. The third-order valence-electron chi connectivity index (χ3n) is 8.37. The van der Waals surface area contributed by atoms with Crippen molar-refractivity contribution in [1.29, 1.82) is 0 Å². The van der Waals surface area contributed by atoms with Gasteiger partial charge in [0.2, 0.25) is 5.95 Å². The molecule has 2 atom stereocenters. The van der Waals surface area contributed by atoms with Crippen molar-refractivity contribution < 1.29 is 63.7 Å². The predicted molar refractivity (Wildman–Crippen MR) is 162 cm³/mol. The lowest BCUT2D eigenvalue weighted by Gasteiger charge is -2.40. The largest absolute Gasteiger partial charge is 0.479 e. The lowest BCUT2D eigenvalue weighted by atomic mass is 9.89. The average molecular weight is 736 g/mol. The number of morpholine rings is 1. The number of aliphatic carboxylic acids is 1. The van der Waals surface area contributed by atoms with Crippen LogP contribution in [-0.4, -0.2) is 66.1 Å². The van der Waals surface area contributed by atoms with Crippen molar-refractivity contribution in [2.75, 3.05) is 48.0 Å². The quantitative estimate of drug-likeness (QED) is 0.230. The van der Waals surface area contributed by atoms with E-state index in [0.717, 1.165) is 23.1 Å². The monoisotopic (exact) mass is 735 g/mol. The van der Waals surface area contributed by atoms with Gasteiger partial charge in [0.25, 0.3) is 0 Å². The van der Waals surface area contributed by atoms with Crippen LogP contribution in [0.2, 0.25) is 0 Å². The number of aromatic nitrogens is 2. The molecule has 1 saturated heterocycles. The summed E-state index contributed by atoms with van der Waals surface area (Å²) in [7, 11) is 0. The summed E-state index contributed by atoms with van der Waals surface area (Å²) >= 11 is 0. The molecule has 10 nitrogen and oxygen atoms in total. The molecule has 19 heteroatoms. The number of carbonyl (C=O) groups excluding carboxylic acids is 1. The second-order valence-electron chi connectivity index (χ2n) is 11.8. The van der Waals surface area contributed by atoms with E-state index in [1.807, 2.05) is 0 Å². The van der Waals surface area contributed by atoms with Gasteiger partial charge in [0.15, 0.2) is 6.61 Å². The van der Waals surface area contributed by atoms with Gasteiger partial charge < -0.3 is 24.8 Å². The van der Waals surface area contributed by atoms with Crippen LogP contribution in [-0.2, 0) is 39.2 Å². The average Bonchev–Trinajstić information content (AvgIpc) is 3.06. The fraction of sp³-hybridized carbons (Fsp3) is 0.438. The van der Waals surface area contributed by atoms with E-state index in [4.69, 9.17) is 14.6 Å². The third kappa shape index (κ3) is 8.74. The molecule has 3 aromatic rings. The fourth-order valence-electron chi connectivity index (χ4n) is 6.01. The van der Waals surface area contributed by atoms with Crippen LogP contribution in [0, 0.1) is 0 Å². The minimum atomic E-state index is -5.09. The van der Waals surface area contributed by atoms with Crippen LogP contribution in [0.1, 0.15) is 59.3 Å². The maximum Gasteiger partial charge on any atom is 0.416 e. The van der Waals surface area contributed by atoms with Crippen LogP contribution in [0.5, 0.6) is 0 Å². The first-order chi connectivity index (χ1) is 23.8. The van der Waals surface area contributed by atoms with Crippen molar-refractivity contribution in [3.05, 3.63) is 76.1 Å². The van der Waals surface area contributed by atoms with Crippen LogP contribution < -0.4 is 15.1 Å². The van der Waals surface area contributed by atoms with Gasteiger partial charge in [0, 0.05) is 25.6 Å². The molecule has 0 spiro atoms. The minimum Gasteiger partial charge on any atom is -0.479 e. The topological polar surface area (TPSA) is 117 Å². The number of hydrogen-bond donors (Lipinski definition) is 2. The summed E-state index contributed by atoms with van der Waals surface area (Å²) in [4.78, 5) is 35.6. The normalized spacial score (nSPS) is 18.3. The Morgan fingerprint density at radius 2 is 1.55 bits per heavy atom. The number of fused-ring (bicyclic) bond motifs is 1. The van der Waals surface area contributed by atoms with Gasteiger partial charge in [-0.15, -0.1) is 0 Å². The second-order valence-corrected chi connectivity index (χ2v) is 11.8. The summed E-state index contributed by atoms with van der Waals surface area (Å²) < 4.78 is 134. The highest BCUT2D eigenvalue weighted by Crippen LogP contribution is 2.43. The van der Waals surface area contributed by atoms with Crippen molar-refractivity contribution in [3.8, 4) is 0 Å². The van der Waals surface area contributed by atoms with E-state index in [-0.39, 0.29) is 60.6 Å². The Labute approximate surface area is 284 Å². The molecule has 0 saturated carbocycles. The van der Waals surface area contributed by atoms with Gasteiger partial charge in [-0.25, -0.2) is 19.6 Å². The molecule has 2 aliphatic heterocycles. The number of rotatable bonds is 8. The van der Waals surface area contributed by atoms with Crippen LogP contribution in [0.15, 0.2) is 42.6 Å². The first-order valence-corrected chi connectivity index (χ1v) is 15.5. The Morgan fingerprint density at radius 3 is 2.12 bits per heavy atom. The number of halogens is 9. The van der Waals surface area contributed by atoms with E-state index in [9.17, 15) is 49.1 Å². The SMILES string of the molecule is CC[C@@H]1C[C@H](Nc2ncc(N3CCOCC3)c(Cc3cc(C(F)(F)F)cc(C(F)(F)F)c3)n2)c2cc(C(F)(F)F)ccc2N1C(=O)OCC(=O)O. The number of ether oxygens (including phenoxy) is 2. The van der Waals surface area contributed by atoms with E-state index in [1.54, 1.807) is 11.8 Å². The second kappa shape index (κ2) is 14.4. The van der Waals surface area contributed by atoms with Crippen molar-refractivity contribution in [2.45, 2.75) is 56.8 Å². The van der Waals surface area contributed by atoms with E-state index in [2.05, 4.69) is 15.3 Å². The number of nitrogens with zero attached hydrogens (tertiary/aromatic N) is 4. The predicted octanol–water partition coefficient (Wildman–Crippen LogP) is 7.32. The highest BCUT2D eigenvalue weighted by Gasteiger charge is 2.40. The van der Waals surface area contributed by atoms with Crippen molar-refractivity contribution in [3.63, 3.8) is 0 Å². The van der Waals surface area contributed by atoms with Crippen molar-refractivity contribution in [1.82, 2.24) is 9.97 Å². The first-order valence-electron chi connectivity index (χ1n) is 15.5. The number of nitrogens with one attached hydrogen (secondary N) is 1. The zero-order valence-corrected chi connectivity index (χ0v) is 26.6. The molecule has 3 heterocycles. The van der Waals surface area contributed by atoms with Crippen LogP contribution in [0.25, 0.3) is 0 Å². The molecule has 0 bridgehead atoms. The molecule has 0 unspecified atom stereocenters. The first kappa shape index (κ1) is 37.4. The molecular formula is C32H30F9N5O5. The fourth-order valence-corrected chi connectivity index (χ4v) is 6.01. The highest BCUT2D eigenvalue weighted by atomic mass is 19.4. The summed E-state index contributed by atoms with van der Waals surface area (Å²) in [6, 6.07) is 2.09. The summed E-state index contributed by atoms with van der Waals surface area (Å²) in [5.74, 6) is -1.65. The number of amides is 1. The zero-order chi connectivity index (χ0) is 37.3. The number of hydrogen-bond acceptors (Lipinski definition) is 8. The van der Waals surface area contributed by atoms with E-state index < -0.39 is 72.4 Å². The van der Waals surface area contributed by atoms with Gasteiger partial charge >= 0.3 is 30.6 Å². The van der Waals surface area contributed by atoms with E-state index in [1.165, 1.54) is 6.20 Å². The third-order valence-corrected chi connectivity index (χ3v) is 8.37. The van der Waals surface area contributed by atoms with Crippen molar-refractivity contribution in [2.24, 2.45) is 0 Å². The molecule has 1 amide bonds. The standard InChI is InChI=1S/C32H30F9N5O5/c1-2-21-14-23(22-13-18(30(33,34)35)3-4-25(22)46(21)29(49)51-16-27(47)48)43-28-42-15-26(45-5-7-50-8-6-45)24(44-28)11-17-9-19(31(36,37)38)12-20(10-17)32(39,40)41/h3-4,9-10,12-13,15,21,23H,2,5-8,11,14,16H2,1H3,(H,47,48)(H,42,43,44)/t21-,23+/m1/s1. The molecule has 2 aromatic carbocycles. The highest BCUT2D eigenvalue weighted by molar-refractivity contribution is 5.91. The van der Waals surface area contributed by atoms with Gasteiger partial charge in [0.1, 0.15) is 0 Å². The van der Waals surface area contributed by atoms with Crippen molar-refractivity contribution >= 4 is 29.4 Å². The minimum absolute atomic E-state index is 0.0113. The summed E-state index contributed by atoms with van der Waals surface area (Å²) in [6.07, 6.45) is -15.0. The number of carboxylic acids is 1. The maximum absolute atomic E-state index is 13.8. The lowest BCUT2D eigenvalue weighted by molar-refractivity contribution is -0.143. The molecule has 0 radical (unpaired) electrons. The van der Waals surface area contributed by atoms with Crippen LogP contribution >= 0.6 is 0 Å². The Kier molecular flexibility index (Phi) is 10.6. The summed E-state index contributed by atoms with van der Waals surface area (Å²) in [5.41, 5.74) is -4.15. The Bertz CT molecular complexity index is 1730. The number of benzene rings is 2. The van der Waals surface area contributed by atoms with Gasteiger partial charge in [-0.2, -0.15) is 39.5 Å². The molecule has 1 fully saturated rings. The number of alkyl halides is 9. The summed E-state index contributed by atoms with van der Waals surface area (Å²) in [6.45, 7) is 1.84. The van der Waals surface area contributed by atoms with Crippen LogP contribution in [0.3, 0.4) is 0 Å². The van der Waals surface area contributed by atoms with Gasteiger partial charge in [-0.05, 0) is 60.4 Å². The van der Waals surface area contributed by atoms with Crippen LogP contribution in [0.4, 0.5) is 61.6 Å². The Morgan fingerprint density at radius 1 is 0.922 bits per heavy atom. The molecule has 51 heavy (non-hydrogen) atoms. The molecule has 0 aliphatic carbocycles. The van der Waals surface area contributed by atoms with Gasteiger partial charge in [0.05, 0.1) is 59.2 Å². The molecule has 2 aliphatic rings. The smallest absolute Gasteiger partial charge is 0.416 e. The van der Waals surface area contributed by atoms with Gasteiger partial charge in [-0.3, -0.25) is 4.90 Å². The number of carbonyl (C=O) groups is 2. The zero-order valence-electron chi connectivity index (χ0n) is 26.6. The summed E-state index contributed by atoms with van der Waals surface area (Å²) in [5, 5.41) is 11.9. The number of anilines is 3. The Balaban J connectivity index is 1.57. The maximum atomic E-state index is 13.8. The van der Waals surface area contributed by atoms with Gasteiger partial charge in [-0.1, -0.05) is 6.92 Å². The Hall–Kier alpha value is -4.81. The molecular weight excluding hydrogens is 705 g/mol. The molecule has 2 N–H and O–H groups in total. The molecule has 5 rings (SSSR count). The van der Waals surface area contributed by atoms with E-state index in [0.29, 0.717) is 30.9 Å². The molecule has 1 aromatic heterocycles.